The number of benzene rings is 2. The maximum atomic E-state index is 13.3. The third kappa shape index (κ3) is 5.60. The Morgan fingerprint density at radius 3 is 2.14 bits per heavy atom. The van der Waals surface area contributed by atoms with Crippen LogP contribution < -0.4 is 5.32 Å². The molecule has 1 aliphatic carbocycles. The second kappa shape index (κ2) is 11.4. The van der Waals surface area contributed by atoms with Gasteiger partial charge in [-0.1, -0.05) is 61.4 Å². The van der Waals surface area contributed by atoms with Crippen LogP contribution in [-0.4, -0.2) is 65.5 Å². The topological polar surface area (TPSA) is 72.9 Å². The van der Waals surface area contributed by atoms with Crippen molar-refractivity contribution in [3.8, 4) is 0 Å². The van der Waals surface area contributed by atoms with Crippen LogP contribution in [0.3, 0.4) is 0 Å². The fraction of sp³-hybridized carbons (Fsp3) is 0.548. The number of nitrogens with zero attached hydrogens (tertiary/aromatic N) is 2. The molecule has 6 heteroatoms. The molecule has 2 heterocycles. The molecule has 0 spiro atoms. The van der Waals surface area contributed by atoms with Gasteiger partial charge in [0.05, 0.1) is 12.6 Å². The molecule has 0 aromatic heterocycles. The summed E-state index contributed by atoms with van der Waals surface area (Å²) in [4.78, 5) is 30.8. The zero-order valence-corrected chi connectivity index (χ0v) is 22.2. The molecule has 6 nitrogen and oxygen atoms in total. The third-order valence-electron chi connectivity index (χ3n) is 8.98. The number of aliphatic hydroxyl groups excluding tert-OH is 1. The second-order valence-electron chi connectivity index (χ2n) is 11.5. The molecule has 2 N–H and O–H groups in total. The number of carbonyl (C=O) groups is 2. The van der Waals surface area contributed by atoms with Gasteiger partial charge in [0.2, 0.25) is 5.91 Å². The first-order valence-electron chi connectivity index (χ1n) is 14.0. The van der Waals surface area contributed by atoms with Gasteiger partial charge in [-0.15, -0.1) is 0 Å². The Bertz CT molecular complexity index is 1060. The average molecular weight is 504 g/mol. The minimum Gasteiger partial charge on any atom is -0.395 e. The van der Waals surface area contributed by atoms with E-state index in [1.165, 1.54) is 0 Å². The SMILES string of the molecule is Cc1cccc(C)c1C(=O)N1CC2CN(C(CO)CC(NC(=O)C3CCCC3)c3ccccc3)CC2C1. The fourth-order valence-corrected chi connectivity index (χ4v) is 6.86. The summed E-state index contributed by atoms with van der Waals surface area (Å²) in [6.45, 7) is 7.39. The first-order valence-corrected chi connectivity index (χ1v) is 14.0. The lowest BCUT2D eigenvalue weighted by Crippen LogP contribution is -2.43. The van der Waals surface area contributed by atoms with Crippen LogP contribution in [-0.2, 0) is 4.79 Å². The summed E-state index contributed by atoms with van der Waals surface area (Å²) < 4.78 is 0. The van der Waals surface area contributed by atoms with Crippen LogP contribution in [0.5, 0.6) is 0 Å². The van der Waals surface area contributed by atoms with E-state index in [2.05, 4.69) is 22.3 Å². The fourth-order valence-electron chi connectivity index (χ4n) is 6.86. The van der Waals surface area contributed by atoms with Crippen LogP contribution >= 0.6 is 0 Å². The number of amides is 2. The molecule has 2 amide bonds. The summed E-state index contributed by atoms with van der Waals surface area (Å²) in [5.41, 5.74) is 4.01. The van der Waals surface area contributed by atoms with Crippen LogP contribution in [0.1, 0.15) is 65.2 Å². The Kier molecular flexibility index (Phi) is 7.96. The normalized spacial score (nSPS) is 23.7. The molecule has 0 bridgehead atoms. The summed E-state index contributed by atoms with van der Waals surface area (Å²) in [6, 6.07) is 16.1. The average Bonchev–Trinajstić information content (AvgIpc) is 3.64. The molecule has 2 aromatic rings. The molecular weight excluding hydrogens is 462 g/mol. The van der Waals surface area contributed by atoms with Crippen molar-refractivity contribution >= 4 is 11.8 Å². The maximum Gasteiger partial charge on any atom is 0.254 e. The van der Waals surface area contributed by atoms with Gasteiger partial charge < -0.3 is 15.3 Å². The van der Waals surface area contributed by atoms with E-state index in [-0.39, 0.29) is 36.4 Å². The quantitative estimate of drug-likeness (QED) is 0.569. The van der Waals surface area contributed by atoms with Gasteiger partial charge in [0, 0.05) is 43.7 Å². The van der Waals surface area contributed by atoms with E-state index in [1.54, 1.807) is 0 Å². The van der Waals surface area contributed by atoms with Gasteiger partial charge in [0.15, 0.2) is 0 Å². The Morgan fingerprint density at radius 2 is 1.54 bits per heavy atom. The molecule has 3 aliphatic rings. The number of carbonyl (C=O) groups excluding carboxylic acids is 2. The van der Waals surface area contributed by atoms with Crippen LogP contribution in [0, 0.1) is 31.6 Å². The smallest absolute Gasteiger partial charge is 0.254 e. The zero-order valence-electron chi connectivity index (χ0n) is 22.2. The number of nitrogens with one attached hydrogen (secondary N) is 1. The van der Waals surface area contributed by atoms with Gasteiger partial charge in [-0.3, -0.25) is 14.5 Å². The van der Waals surface area contributed by atoms with E-state index in [4.69, 9.17) is 0 Å². The van der Waals surface area contributed by atoms with Crippen molar-refractivity contribution < 1.29 is 14.7 Å². The summed E-state index contributed by atoms with van der Waals surface area (Å²) in [7, 11) is 0. The molecule has 37 heavy (non-hydrogen) atoms. The monoisotopic (exact) mass is 503 g/mol. The number of aliphatic hydroxyl groups is 1. The van der Waals surface area contributed by atoms with Crippen molar-refractivity contribution in [2.75, 3.05) is 32.8 Å². The maximum absolute atomic E-state index is 13.3. The van der Waals surface area contributed by atoms with Crippen LogP contribution in [0.25, 0.3) is 0 Å². The highest BCUT2D eigenvalue weighted by Crippen LogP contribution is 2.35. The number of fused-ring (bicyclic) bond motifs is 1. The predicted molar refractivity (Wildman–Crippen MR) is 145 cm³/mol. The van der Waals surface area contributed by atoms with E-state index in [1.807, 2.05) is 55.1 Å². The van der Waals surface area contributed by atoms with Crippen molar-refractivity contribution in [1.29, 1.82) is 0 Å². The van der Waals surface area contributed by atoms with Crippen molar-refractivity contribution in [2.45, 2.75) is 58.0 Å². The minimum atomic E-state index is -0.117. The molecule has 3 fully saturated rings. The van der Waals surface area contributed by atoms with Crippen LogP contribution in [0.2, 0.25) is 0 Å². The van der Waals surface area contributed by atoms with Crippen molar-refractivity contribution in [2.24, 2.45) is 17.8 Å². The molecule has 4 atom stereocenters. The molecular formula is C31H41N3O3. The van der Waals surface area contributed by atoms with Gasteiger partial charge in [-0.25, -0.2) is 0 Å². The molecule has 198 valence electrons. The summed E-state index contributed by atoms with van der Waals surface area (Å²) in [5.74, 6) is 1.26. The van der Waals surface area contributed by atoms with Crippen molar-refractivity contribution in [3.63, 3.8) is 0 Å². The van der Waals surface area contributed by atoms with Crippen molar-refractivity contribution in [3.05, 3.63) is 70.8 Å². The van der Waals surface area contributed by atoms with E-state index in [0.29, 0.717) is 18.3 Å². The van der Waals surface area contributed by atoms with Crippen molar-refractivity contribution in [1.82, 2.24) is 15.1 Å². The Labute approximate surface area is 221 Å². The highest BCUT2D eigenvalue weighted by atomic mass is 16.3. The summed E-state index contributed by atoms with van der Waals surface area (Å²) in [6.07, 6.45) is 4.90. The van der Waals surface area contributed by atoms with Gasteiger partial charge in [-0.05, 0) is 61.6 Å². The molecule has 2 saturated heterocycles. The highest BCUT2D eigenvalue weighted by molar-refractivity contribution is 5.97. The Balaban J connectivity index is 1.23. The number of hydrogen-bond acceptors (Lipinski definition) is 4. The number of aryl methyl sites for hydroxylation is 2. The van der Waals surface area contributed by atoms with Crippen LogP contribution in [0.4, 0.5) is 0 Å². The van der Waals surface area contributed by atoms with E-state index in [9.17, 15) is 14.7 Å². The summed E-state index contributed by atoms with van der Waals surface area (Å²) in [5, 5.41) is 13.8. The van der Waals surface area contributed by atoms with E-state index in [0.717, 1.165) is 74.1 Å². The van der Waals surface area contributed by atoms with Gasteiger partial charge in [-0.2, -0.15) is 0 Å². The van der Waals surface area contributed by atoms with E-state index >= 15 is 0 Å². The molecule has 1 saturated carbocycles. The lowest BCUT2D eigenvalue weighted by molar-refractivity contribution is -0.125. The zero-order chi connectivity index (χ0) is 25.9. The Morgan fingerprint density at radius 1 is 0.919 bits per heavy atom. The Hall–Kier alpha value is -2.70. The first kappa shape index (κ1) is 25.9. The standard InChI is InChI=1S/C31H41N3O3/c1-21-9-8-10-22(2)29(21)31(37)34-18-25-16-33(17-26(25)19-34)27(20-35)15-28(23-11-4-3-5-12-23)32-30(36)24-13-6-7-14-24/h3-5,8-12,24-28,35H,6-7,13-20H2,1-2H3,(H,32,36). The first-order chi connectivity index (χ1) is 17.9. The number of rotatable bonds is 8. The molecule has 2 aliphatic heterocycles. The molecule has 5 rings (SSSR count). The molecule has 4 unspecified atom stereocenters. The summed E-state index contributed by atoms with van der Waals surface area (Å²) >= 11 is 0. The largest absolute Gasteiger partial charge is 0.395 e. The molecule has 2 aromatic carbocycles. The van der Waals surface area contributed by atoms with Gasteiger partial charge >= 0.3 is 0 Å². The number of hydrogen-bond donors (Lipinski definition) is 2. The minimum absolute atomic E-state index is 0.0255. The van der Waals surface area contributed by atoms with Gasteiger partial charge in [0.25, 0.3) is 5.91 Å². The van der Waals surface area contributed by atoms with Crippen LogP contribution in [0.15, 0.2) is 48.5 Å². The van der Waals surface area contributed by atoms with E-state index < -0.39 is 0 Å². The lowest BCUT2D eigenvalue weighted by atomic mass is 9.97. The molecule has 0 radical (unpaired) electrons. The highest BCUT2D eigenvalue weighted by Gasteiger charge is 2.44. The third-order valence-corrected chi connectivity index (χ3v) is 8.98. The van der Waals surface area contributed by atoms with Gasteiger partial charge in [0.1, 0.15) is 0 Å². The second-order valence-corrected chi connectivity index (χ2v) is 11.5. The lowest BCUT2D eigenvalue weighted by Gasteiger charge is -2.32. The predicted octanol–water partition coefficient (Wildman–Crippen LogP) is 4.11. The number of likely N-dealkylation sites (tertiary alicyclic amines) is 2.